The number of unbranched alkanes of at least 4 members (excludes halogenated alkanes) is 15. The molecule has 0 radical (unpaired) electrons. The molecule has 1 unspecified atom stereocenters. The predicted octanol–water partition coefficient (Wildman–Crippen LogP) is 21.5. The molecule has 0 aliphatic carbocycles. The van der Waals surface area contributed by atoms with E-state index in [1.54, 1.807) is 0 Å². The van der Waals surface area contributed by atoms with E-state index in [2.05, 4.69) is 191 Å². The molecule has 0 saturated carbocycles. The van der Waals surface area contributed by atoms with Crippen LogP contribution >= 0.6 is 0 Å². The van der Waals surface area contributed by atoms with E-state index in [0.29, 0.717) is 25.7 Å². The molecule has 0 bridgehead atoms. The lowest BCUT2D eigenvalue weighted by atomic mass is 10.1. The molecule has 0 heterocycles. The van der Waals surface area contributed by atoms with E-state index in [4.69, 9.17) is 14.2 Å². The first-order valence-electron chi connectivity index (χ1n) is 31.1. The van der Waals surface area contributed by atoms with Crippen molar-refractivity contribution in [2.24, 2.45) is 0 Å². The van der Waals surface area contributed by atoms with Gasteiger partial charge in [0.25, 0.3) is 0 Å². The van der Waals surface area contributed by atoms with Gasteiger partial charge in [-0.15, -0.1) is 0 Å². The third-order valence-corrected chi connectivity index (χ3v) is 12.4. The Morgan fingerprint density at radius 3 is 0.821 bits per heavy atom. The summed E-state index contributed by atoms with van der Waals surface area (Å²) in [4.78, 5) is 38.2. The van der Waals surface area contributed by atoms with E-state index in [9.17, 15) is 14.4 Å². The molecular formula is C72H112O6. The number of rotatable bonds is 54. The Balaban J connectivity index is 4.43. The minimum absolute atomic E-state index is 0.109. The fourth-order valence-electron chi connectivity index (χ4n) is 7.84. The van der Waals surface area contributed by atoms with Gasteiger partial charge in [-0.1, -0.05) is 249 Å². The van der Waals surface area contributed by atoms with Crippen molar-refractivity contribution in [1.82, 2.24) is 0 Å². The Morgan fingerprint density at radius 2 is 0.500 bits per heavy atom. The van der Waals surface area contributed by atoms with Gasteiger partial charge in [0.2, 0.25) is 0 Å². The van der Waals surface area contributed by atoms with E-state index in [0.717, 1.165) is 167 Å². The predicted molar refractivity (Wildman–Crippen MR) is 338 cm³/mol. The van der Waals surface area contributed by atoms with Gasteiger partial charge in [-0.2, -0.15) is 0 Å². The summed E-state index contributed by atoms with van der Waals surface area (Å²) < 4.78 is 16.8. The first kappa shape index (κ1) is 72.8. The van der Waals surface area contributed by atoms with Gasteiger partial charge in [-0.05, 0) is 148 Å². The molecule has 78 heavy (non-hydrogen) atoms. The second-order valence-electron chi connectivity index (χ2n) is 19.8. The molecule has 0 amide bonds. The second-order valence-corrected chi connectivity index (χ2v) is 19.8. The number of ether oxygens (including phenoxy) is 3. The average molecular weight is 1070 g/mol. The van der Waals surface area contributed by atoms with Crippen molar-refractivity contribution in [3.63, 3.8) is 0 Å². The van der Waals surface area contributed by atoms with Crippen LogP contribution in [0.5, 0.6) is 0 Å². The zero-order chi connectivity index (χ0) is 56.4. The highest BCUT2D eigenvalue weighted by atomic mass is 16.6. The Hall–Kier alpha value is -5.23. The minimum atomic E-state index is -0.815. The summed E-state index contributed by atoms with van der Waals surface area (Å²) in [7, 11) is 0. The Morgan fingerprint density at radius 1 is 0.269 bits per heavy atom. The second kappa shape index (κ2) is 64.3. The van der Waals surface area contributed by atoms with Crippen molar-refractivity contribution in [3.8, 4) is 0 Å². The van der Waals surface area contributed by atoms with Crippen LogP contribution in [0.25, 0.3) is 0 Å². The van der Waals surface area contributed by atoms with E-state index < -0.39 is 6.10 Å². The highest BCUT2D eigenvalue weighted by molar-refractivity contribution is 5.71. The molecule has 0 fully saturated rings. The van der Waals surface area contributed by atoms with Crippen molar-refractivity contribution in [3.05, 3.63) is 170 Å². The van der Waals surface area contributed by atoms with Crippen LogP contribution in [0.15, 0.2) is 170 Å². The first-order valence-corrected chi connectivity index (χ1v) is 31.1. The van der Waals surface area contributed by atoms with Crippen LogP contribution in [-0.2, 0) is 28.6 Å². The largest absolute Gasteiger partial charge is 0.462 e. The number of carbonyl (C=O) groups is 3. The minimum Gasteiger partial charge on any atom is -0.462 e. The molecule has 0 rings (SSSR count). The number of hydrogen-bond donors (Lipinski definition) is 0. The normalized spacial score (nSPS) is 13.3. The summed E-state index contributed by atoms with van der Waals surface area (Å²) in [6.45, 7) is 6.28. The van der Waals surface area contributed by atoms with Crippen molar-refractivity contribution in [1.29, 1.82) is 0 Å². The SMILES string of the molecule is CC/C=C\C/C=C\C/C=C\C/C=C\C/C=C\C/C=C\C/C=C\C/C=C\CCCCC(=O)OCC(COC(=O)CCCCCCC/C=C\CCC)OC(=O)CCCCCCCCC/C=C\C/C=C\C/C=C\C/C=C\C/C=C\CC. The fourth-order valence-corrected chi connectivity index (χ4v) is 7.84. The maximum atomic E-state index is 12.9. The lowest BCUT2D eigenvalue weighted by molar-refractivity contribution is -0.167. The molecule has 6 nitrogen and oxygen atoms in total. The van der Waals surface area contributed by atoms with Crippen LogP contribution in [0.2, 0.25) is 0 Å². The number of hydrogen-bond acceptors (Lipinski definition) is 6. The molecule has 6 heteroatoms. The van der Waals surface area contributed by atoms with Crippen molar-refractivity contribution in [2.45, 2.75) is 252 Å². The molecule has 0 aliphatic rings. The van der Waals surface area contributed by atoms with E-state index in [1.807, 2.05) is 0 Å². The summed E-state index contributed by atoms with van der Waals surface area (Å²) >= 11 is 0. The molecule has 0 N–H and O–H groups in total. The van der Waals surface area contributed by atoms with Gasteiger partial charge in [-0.25, -0.2) is 0 Å². The summed E-state index contributed by atoms with van der Waals surface area (Å²) in [6.07, 6.45) is 95.0. The molecule has 0 aliphatic heterocycles. The molecule has 0 spiro atoms. The lowest BCUT2D eigenvalue weighted by Gasteiger charge is -2.18. The zero-order valence-corrected chi connectivity index (χ0v) is 49.9. The highest BCUT2D eigenvalue weighted by Gasteiger charge is 2.19. The Bertz CT molecular complexity index is 1810. The van der Waals surface area contributed by atoms with Gasteiger partial charge >= 0.3 is 17.9 Å². The molecule has 0 aromatic carbocycles. The van der Waals surface area contributed by atoms with Gasteiger partial charge in [-0.3, -0.25) is 14.4 Å². The van der Waals surface area contributed by atoms with Gasteiger partial charge < -0.3 is 14.2 Å². The van der Waals surface area contributed by atoms with Crippen LogP contribution in [0.3, 0.4) is 0 Å². The van der Waals surface area contributed by atoms with E-state index in [-0.39, 0.29) is 31.1 Å². The lowest BCUT2D eigenvalue weighted by Crippen LogP contribution is -2.30. The summed E-state index contributed by atoms with van der Waals surface area (Å²) in [6, 6.07) is 0. The standard InChI is InChI=1S/C72H112O6/c1-4-7-10-13-16-19-22-24-26-28-30-32-34-35-36-37-39-40-42-44-46-48-50-53-56-59-62-65-71(74)77-68-69(67-76-70(73)64-61-58-55-52-21-18-15-12-9-6-3)78-72(75)66-63-60-57-54-51-49-47-45-43-41-38-33-31-29-27-25-23-20-17-14-11-8-5-2/h7-8,10-12,15-17,19-20,24-27,30-33,35-36,39-41,43-44,46,50,53,69H,4-6,9,13-14,18,21-23,28-29,34,37-38,42,45,47-49,51-52,54-68H2,1-3H3/b10-7-,11-8-,15-12-,19-16-,20-17-,26-24-,27-25-,32-30-,33-31-,36-35-,40-39-,43-41-,46-44-,53-50-. The Labute approximate surface area is 479 Å². The number of esters is 3. The molecular weight excluding hydrogens is 961 g/mol. The monoisotopic (exact) mass is 1070 g/mol. The highest BCUT2D eigenvalue weighted by Crippen LogP contribution is 2.13. The van der Waals surface area contributed by atoms with Crippen LogP contribution in [0, 0.1) is 0 Å². The molecule has 0 saturated heterocycles. The summed E-state index contributed by atoms with van der Waals surface area (Å²) in [5.74, 6) is -0.984. The van der Waals surface area contributed by atoms with Crippen LogP contribution < -0.4 is 0 Å². The van der Waals surface area contributed by atoms with Crippen LogP contribution in [-0.4, -0.2) is 37.2 Å². The van der Waals surface area contributed by atoms with Gasteiger partial charge in [0.15, 0.2) is 6.10 Å². The zero-order valence-electron chi connectivity index (χ0n) is 49.9. The van der Waals surface area contributed by atoms with Crippen LogP contribution in [0.1, 0.15) is 245 Å². The number of carbonyl (C=O) groups excluding carboxylic acids is 3. The van der Waals surface area contributed by atoms with Crippen molar-refractivity contribution in [2.75, 3.05) is 13.2 Å². The smallest absolute Gasteiger partial charge is 0.306 e. The fraction of sp³-hybridized carbons (Fsp3) is 0.569. The topological polar surface area (TPSA) is 78.9 Å². The first-order chi connectivity index (χ1) is 38.5. The Kier molecular flexibility index (Phi) is 60.0. The summed E-state index contributed by atoms with van der Waals surface area (Å²) in [5.41, 5.74) is 0. The summed E-state index contributed by atoms with van der Waals surface area (Å²) in [5, 5.41) is 0. The maximum Gasteiger partial charge on any atom is 0.306 e. The van der Waals surface area contributed by atoms with Crippen LogP contribution in [0.4, 0.5) is 0 Å². The quantitative estimate of drug-likeness (QED) is 0.0261. The molecule has 436 valence electrons. The van der Waals surface area contributed by atoms with Gasteiger partial charge in [0.1, 0.15) is 13.2 Å². The van der Waals surface area contributed by atoms with Crippen molar-refractivity contribution < 1.29 is 28.6 Å². The molecule has 0 aromatic rings. The average Bonchev–Trinajstić information content (AvgIpc) is 3.44. The van der Waals surface area contributed by atoms with E-state index in [1.165, 1.54) is 32.1 Å². The van der Waals surface area contributed by atoms with Gasteiger partial charge in [0.05, 0.1) is 0 Å². The van der Waals surface area contributed by atoms with Gasteiger partial charge in [0, 0.05) is 19.3 Å². The third-order valence-electron chi connectivity index (χ3n) is 12.4. The van der Waals surface area contributed by atoms with E-state index >= 15 is 0 Å². The van der Waals surface area contributed by atoms with Crippen molar-refractivity contribution >= 4 is 17.9 Å². The number of allylic oxidation sites excluding steroid dienone is 28. The third kappa shape index (κ3) is 61.6. The molecule has 0 aromatic heterocycles. The maximum absolute atomic E-state index is 12.9. The molecule has 1 atom stereocenters.